The van der Waals surface area contributed by atoms with Crippen molar-refractivity contribution in [2.24, 2.45) is 0 Å². The van der Waals surface area contributed by atoms with Crippen LogP contribution >= 0.6 is 0 Å². The zero-order valence-corrected chi connectivity index (χ0v) is 29.5. The molecule has 8 aromatic carbocycles. The minimum atomic E-state index is 0.575. The first kappa shape index (κ1) is 30.7. The molecular weight excluding hydrogens is 671 g/mol. The maximum Gasteiger partial charge on any atom is 0.188 e. The lowest BCUT2D eigenvalue weighted by molar-refractivity contribution is 1.13. The fourth-order valence-electron chi connectivity index (χ4n) is 8.75. The van der Waals surface area contributed by atoms with E-state index in [1.807, 2.05) is 36.4 Å². The Morgan fingerprint density at radius 3 is 1.49 bits per heavy atom. The average Bonchev–Trinajstić information content (AvgIpc) is 3.89. The molecule has 0 saturated heterocycles. The Hall–Kier alpha value is -7.86. The Morgan fingerprint density at radius 2 is 0.836 bits per heavy atom. The molecule has 0 fully saturated rings. The molecular formula is C50H29N5. The first-order chi connectivity index (χ1) is 27.2. The van der Waals surface area contributed by atoms with Gasteiger partial charge in [-0.2, -0.15) is 0 Å². The minimum absolute atomic E-state index is 0.575. The van der Waals surface area contributed by atoms with Crippen LogP contribution in [0, 0.1) is 13.1 Å². The van der Waals surface area contributed by atoms with E-state index in [9.17, 15) is 0 Å². The molecule has 5 nitrogen and oxygen atoms in total. The molecule has 11 aromatic rings. The monoisotopic (exact) mass is 699 g/mol. The molecule has 55 heavy (non-hydrogen) atoms. The Morgan fingerprint density at radius 1 is 0.345 bits per heavy atom. The molecule has 5 heteroatoms. The number of benzene rings is 8. The smallest absolute Gasteiger partial charge is 0.188 e. The van der Waals surface area contributed by atoms with Crippen molar-refractivity contribution >= 4 is 76.8 Å². The van der Waals surface area contributed by atoms with Gasteiger partial charge < -0.3 is 13.7 Å². The molecule has 254 valence electrons. The van der Waals surface area contributed by atoms with E-state index in [1.165, 1.54) is 21.5 Å². The predicted molar refractivity (Wildman–Crippen MR) is 227 cm³/mol. The molecule has 0 saturated carbocycles. The minimum Gasteiger partial charge on any atom is -0.309 e. The average molecular weight is 700 g/mol. The van der Waals surface area contributed by atoms with Crippen LogP contribution in [0.2, 0.25) is 0 Å². The third-order valence-electron chi connectivity index (χ3n) is 11.0. The first-order valence-corrected chi connectivity index (χ1v) is 18.3. The van der Waals surface area contributed by atoms with E-state index in [-0.39, 0.29) is 0 Å². The normalized spacial score (nSPS) is 11.6. The van der Waals surface area contributed by atoms with Crippen LogP contribution in [0.5, 0.6) is 0 Å². The second-order valence-corrected chi connectivity index (χ2v) is 13.9. The maximum absolute atomic E-state index is 7.98. The molecule has 0 radical (unpaired) electrons. The summed E-state index contributed by atoms with van der Waals surface area (Å²) >= 11 is 0. The van der Waals surface area contributed by atoms with Gasteiger partial charge in [-0.25, -0.2) is 9.69 Å². The highest BCUT2D eigenvalue weighted by Gasteiger charge is 2.21. The number of aromatic nitrogens is 3. The second kappa shape index (κ2) is 11.8. The number of nitrogens with zero attached hydrogens (tertiary/aromatic N) is 5. The van der Waals surface area contributed by atoms with Gasteiger partial charge in [-0.15, -0.1) is 0 Å². The number of rotatable bonds is 4. The van der Waals surface area contributed by atoms with Gasteiger partial charge in [0, 0.05) is 32.6 Å². The third-order valence-corrected chi connectivity index (χ3v) is 11.0. The van der Waals surface area contributed by atoms with E-state index in [4.69, 9.17) is 13.1 Å². The number of hydrogen-bond donors (Lipinski definition) is 0. The van der Waals surface area contributed by atoms with E-state index in [0.717, 1.165) is 72.1 Å². The van der Waals surface area contributed by atoms with Crippen molar-refractivity contribution in [1.82, 2.24) is 13.7 Å². The lowest BCUT2D eigenvalue weighted by Gasteiger charge is -2.17. The molecule has 0 spiro atoms. The molecule has 3 aromatic heterocycles. The van der Waals surface area contributed by atoms with Gasteiger partial charge in [0.05, 0.1) is 57.6 Å². The molecule has 0 atom stereocenters. The maximum atomic E-state index is 7.98. The third kappa shape index (κ3) is 4.45. The molecule has 0 aliphatic carbocycles. The summed E-state index contributed by atoms with van der Waals surface area (Å²) in [6.45, 7) is 15.7. The van der Waals surface area contributed by atoms with E-state index in [0.29, 0.717) is 11.4 Å². The number of para-hydroxylation sites is 5. The van der Waals surface area contributed by atoms with Crippen LogP contribution in [-0.4, -0.2) is 13.7 Å². The fraction of sp³-hybridized carbons (Fsp3) is 0. The Balaban J connectivity index is 1.20. The highest BCUT2D eigenvalue weighted by Crippen LogP contribution is 2.42. The summed E-state index contributed by atoms with van der Waals surface area (Å²) < 4.78 is 7.08. The second-order valence-electron chi connectivity index (χ2n) is 13.9. The molecule has 0 aliphatic rings. The summed E-state index contributed by atoms with van der Waals surface area (Å²) in [7, 11) is 0. The van der Waals surface area contributed by atoms with Gasteiger partial charge in [-0.1, -0.05) is 109 Å². The topological polar surface area (TPSA) is 23.5 Å². The van der Waals surface area contributed by atoms with Crippen LogP contribution in [0.3, 0.4) is 0 Å². The van der Waals surface area contributed by atoms with E-state index >= 15 is 0 Å². The largest absolute Gasteiger partial charge is 0.309 e. The fourth-order valence-corrected chi connectivity index (χ4v) is 8.75. The van der Waals surface area contributed by atoms with Gasteiger partial charge in [-0.05, 0) is 83.2 Å². The highest BCUT2D eigenvalue weighted by atomic mass is 15.1. The van der Waals surface area contributed by atoms with Crippen LogP contribution in [0.15, 0.2) is 176 Å². The Kier molecular flexibility index (Phi) is 6.61. The van der Waals surface area contributed by atoms with Gasteiger partial charge in [0.2, 0.25) is 0 Å². The molecule has 11 rings (SSSR count). The first-order valence-electron chi connectivity index (χ1n) is 18.3. The molecule has 0 N–H and O–H groups in total. The van der Waals surface area contributed by atoms with Crippen molar-refractivity contribution in [2.45, 2.75) is 0 Å². The van der Waals surface area contributed by atoms with Crippen molar-refractivity contribution in [3.05, 3.63) is 199 Å². The molecule has 0 aliphatic heterocycles. The zero-order chi connectivity index (χ0) is 36.6. The van der Waals surface area contributed by atoms with Gasteiger partial charge in [0.25, 0.3) is 0 Å². The van der Waals surface area contributed by atoms with E-state index in [1.54, 1.807) is 0 Å². The van der Waals surface area contributed by atoms with Crippen molar-refractivity contribution in [1.29, 1.82) is 0 Å². The zero-order valence-electron chi connectivity index (χ0n) is 29.5. The standard InChI is InChI=1S/C50H29N5/c1-51-33-25-27-47(54-46-23-10-6-18-39(46)42-31-34(52-2)26-28-48(42)54)41(30-33)32-13-11-14-35(29-32)53-43-20-7-5-17-38(43)40-19-12-24-49(50(40)53)55-44-21-8-3-15-36(44)37-16-4-9-22-45(37)55/h3-31H. The van der Waals surface area contributed by atoms with Gasteiger partial charge in [-0.3, -0.25) is 0 Å². The van der Waals surface area contributed by atoms with Crippen LogP contribution in [0.25, 0.3) is 103 Å². The van der Waals surface area contributed by atoms with Crippen molar-refractivity contribution in [3.8, 4) is 28.2 Å². The Labute approximate surface area is 316 Å². The number of hydrogen-bond acceptors (Lipinski definition) is 0. The van der Waals surface area contributed by atoms with Gasteiger partial charge in [0.15, 0.2) is 11.4 Å². The summed E-state index contributed by atoms with van der Waals surface area (Å²) in [4.78, 5) is 7.60. The summed E-state index contributed by atoms with van der Waals surface area (Å²) in [5.74, 6) is 0. The highest BCUT2D eigenvalue weighted by molar-refractivity contribution is 6.15. The van der Waals surface area contributed by atoms with Crippen LogP contribution in [0.4, 0.5) is 11.4 Å². The summed E-state index contributed by atoms with van der Waals surface area (Å²) in [6.07, 6.45) is 0. The van der Waals surface area contributed by atoms with Crippen LogP contribution in [-0.2, 0) is 0 Å². The molecule has 3 heterocycles. The molecule has 0 amide bonds. The van der Waals surface area contributed by atoms with Crippen LogP contribution in [0.1, 0.15) is 0 Å². The number of fused-ring (bicyclic) bond motifs is 9. The summed E-state index contributed by atoms with van der Waals surface area (Å²) in [6, 6.07) is 61.5. The van der Waals surface area contributed by atoms with E-state index < -0.39 is 0 Å². The SMILES string of the molecule is [C-]#[N+]c1ccc(-n2c3ccccc3c3cc([N+]#[C-])ccc32)c(-c2cccc(-n3c4ccccc4c4cccc(-n5c6ccccc6c6ccccc65)c43)c2)c1. The van der Waals surface area contributed by atoms with Crippen molar-refractivity contribution in [2.75, 3.05) is 0 Å². The van der Waals surface area contributed by atoms with Crippen molar-refractivity contribution < 1.29 is 0 Å². The molecule has 0 unspecified atom stereocenters. The molecule has 0 bridgehead atoms. The lowest BCUT2D eigenvalue weighted by Crippen LogP contribution is -2.01. The van der Waals surface area contributed by atoms with Gasteiger partial charge in [0.1, 0.15) is 0 Å². The van der Waals surface area contributed by atoms with Crippen LogP contribution < -0.4 is 0 Å². The lowest BCUT2D eigenvalue weighted by atomic mass is 10.0. The van der Waals surface area contributed by atoms with E-state index in [2.05, 4.69) is 163 Å². The quantitative estimate of drug-likeness (QED) is 0.163. The predicted octanol–water partition coefficient (Wildman–Crippen LogP) is 13.7. The Bertz CT molecular complexity index is 3420. The summed E-state index contributed by atoms with van der Waals surface area (Å²) in [5, 5.41) is 6.93. The van der Waals surface area contributed by atoms with Crippen molar-refractivity contribution in [3.63, 3.8) is 0 Å². The van der Waals surface area contributed by atoms with Gasteiger partial charge >= 0.3 is 0 Å². The summed E-state index contributed by atoms with van der Waals surface area (Å²) in [5.41, 5.74) is 12.9.